The maximum atomic E-state index is 11.9. The summed E-state index contributed by atoms with van der Waals surface area (Å²) in [5.74, 6) is -1.07. The van der Waals surface area contributed by atoms with Crippen LogP contribution in [0.5, 0.6) is 0 Å². The Labute approximate surface area is 117 Å². The van der Waals surface area contributed by atoms with Gasteiger partial charge in [-0.25, -0.2) is 4.79 Å². The van der Waals surface area contributed by atoms with E-state index in [0.29, 0.717) is 24.1 Å². The summed E-state index contributed by atoms with van der Waals surface area (Å²) >= 11 is 0. The van der Waals surface area contributed by atoms with Gasteiger partial charge in [0.2, 0.25) is 0 Å². The van der Waals surface area contributed by atoms with Gasteiger partial charge in [0.15, 0.2) is 5.58 Å². The quantitative estimate of drug-likeness (QED) is 0.796. The molecule has 5 nitrogen and oxygen atoms in total. The van der Waals surface area contributed by atoms with Gasteiger partial charge in [-0.05, 0) is 31.0 Å². The van der Waals surface area contributed by atoms with Gasteiger partial charge in [0.05, 0.1) is 5.56 Å². The Balaban J connectivity index is 1.89. The molecule has 0 amide bonds. The number of nitrogens with one attached hydrogen (secondary N) is 1. The maximum Gasteiger partial charge on any atom is 0.389 e. The lowest BCUT2D eigenvalue weighted by Gasteiger charge is -2.05. The summed E-state index contributed by atoms with van der Waals surface area (Å²) in [5.41, 5.74) is 0.876. The van der Waals surface area contributed by atoms with Gasteiger partial charge in [-0.1, -0.05) is 0 Å². The van der Waals surface area contributed by atoms with Crippen LogP contribution in [0.25, 0.3) is 11.1 Å². The van der Waals surface area contributed by atoms with Crippen molar-refractivity contribution in [3.63, 3.8) is 0 Å². The number of carbonyl (C=O) groups is 1. The molecule has 1 aromatic carbocycles. The third kappa shape index (κ3) is 4.37. The van der Waals surface area contributed by atoms with Crippen LogP contribution in [0.4, 0.5) is 19.2 Å². The summed E-state index contributed by atoms with van der Waals surface area (Å²) in [6, 6.07) is 4.43. The van der Waals surface area contributed by atoms with Gasteiger partial charge in [0.1, 0.15) is 5.52 Å². The van der Waals surface area contributed by atoms with Crippen molar-refractivity contribution in [2.24, 2.45) is 0 Å². The highest BCUT2D eigenvalue weighted by Gasteiger charge is 2.25. The van der Waals surface area contributed by atoms with Crippen LogP contribution in [0.3, 0.4) is 0 Å². The van der Waals surface area contributed by atoms with Gasteiger partial charge >= 0.3 is 12.1 Å². The fraction of sp³-hybridized carbons (Fsp3) is 0.385. The van der Waals surface area contributed by atoms with Gasteiger partial charge < -0.3 is 14.8 Å². The van der Waals surface area contributed by atoms with Crippen molar-refractivity contribution in [1.29, 1.82) is 0 Å². The highest BCUT2D eigenvalue weighted by Crippen LogP contribution is 2.23. The maximum absolute atomic E-state index is 11.9. The van der Waals surface area contributed by atoms with Crippen LogP contribution < -0.4 is 5.32 Å². The highest BCUT2D eigenvalue weighted by atomic mass is 19.4. The molecule has 2 N–H and O–H groups in total. The van der Waals surface area contributed by atoms with E-state index in [1.165, 1.54) is 18.2 Å². The van der Waals surface area contributed by atoms with E-state index in [1.54, 1.807) is 0 Å². The molecular formula is C13H13F3N2O3. The number of benzene rings is 1. The van der Waals surface area contributed by atoms with E-state index in [0.717, 1.165) is 0 Å². The normalized spacial score (nSPS) is 11.8. The number of fused-ring (bicyclic) bond motifs is 1. The van der Waals surface area contributed by atoms with Crippen molar-refractivity contribution in [3.8, 4) is 0 Å². The molecule has 0 aliphatic carbocycles. The van der Waals surface area contributed by atoms with Gasteiger partial charge in [0, 0.05) is 13.0 Å². The lowest BCUT2D eigenvalue weighted by molar-refractivity contribution is -0.135. The third-order valence-electron chi connectivity index (χ3n) is 2.80. The van der Waals surface area contributed by atoms with Gasteiger partial charge in [0.25, 0.3) is 6.01 Å². The summed E-state index contributed by atoms with van der Waals surface area (Å²) in [7, 11) is 0. The summed E-state index contributed by atoms with van der Waals surface area (Å²) in [6.45, 7) is 0.300. The number of hydrogen-bond acceptors (Lipinski definition) is 4. The minimum atomic E-state index is -4.13. The number of nitrogens with zero attached hydrogens (tertiary/aromatic N) is 1. The molecule has 0 saturated heterocycles. The number of alkyl halides is 3. The number of oxazole rings is 1. The molecule has 2 aromatic rings. The molecule has 0 aliphatic heterocycles. The molecule has 0 radical (unpaired) electrons. The SMILES string of the molecule is O=C(O)c1ccc2nc(NCCCCC(F)(F)F)oc2c1. The molecule has 0 aliphatic rings. The molecule has 21 heavy (non-hydrogen) atoms. The summed E-state index contributed by atoms with van der Waals surface area (Å²) in [6.07, 6.45) is -4.59. The molecule has 8 heteroatoms. The summed E-state index contributed by atoms with van der Waals surface area (Å²) in [4.78, 5) is 14.9. The van der Waals surface area contributed by atoms with Gasteiger partial charge in [-0.15, -0.1) is 0 Å². The van der Waals surface area contributed by atoms with Crippen molar-refractivity contribution in [2.45, 2.75) is 25.4 Å². The monoisotopic (exact) mass is 302 g/mol. The first-order valence-electron chi connectivity index (χ1n) is 6.30. The number of unbranched alkanes of at least 4 members (excludes halogenated alkanes) is 1. The molecule has 0 bridgehead atoms. The zero-order valence-electron chi connectivity index (χ0n) is 10.9. The topological polar surface area (TPSA) is 75.4 Å². The molecule has 0 spiro atoms. The summed E-state index contributed by atoms with van der Waals surface area (Å²) < 4.78 is 41.1. The number of anilines is 1. The van der Waals surface area contributed by atoms with Gasteiger partial charge in [-0.3, -0.25) is 0 Å². The standard InChI is InChI=1S/C13H13F3N2O3/c14-13(15,16)5-1-2-6-17-12-18-9-4-3-8(11(19)20)7-10(9)21-12/h3-4,7H,1-2,5-6H2,(H,17,18)(H,19,20). The molecule has 0 unspecified atom stereocenters. The third-order valence-corrected chi connectivity index (χ3v) is 2.80. The fourth-order valence-corrected chi connectivity index (χ4v) is 1.78. The predicted octanol–water partition coefficient (Wildman–Crippen LogP) is 3.67. The van der Waals surface area contributed by atoms with Crippen molar-refractivity contribution < 1.29 is 27.5 Å². The molecule has 1 aromatic heterocycles. The van der Waals surface area contributed by atoms with Crippen LogP contribution in [-0.4, -0.2) is 28.8 Å². The second kappa shape index (κ2) is 6.02. The lowest BCUT2D eigenvalue weighted by atomic mass is 10.2. The molecule has 0 atom stereocenters. The van der Waals surface area contributed by atoms with Crippen molar-refractivity contribution >= 4 is 23.1 Å². The van der Waals surface area contributed by atoms with E-state index < -0.39 is 18.6 Å². The van der Waals surface area contributed by atoms with Crippen LogP contribution in [0.2, 0.25) is 0 Å². The Morgan fingerprint density at radius 1 is 1.33 bits per heavy atom. The van der Waals surface area contributed by atoms with Crippen molar-refractivity contribution in [3.05, 3.63) is 23.8 Å². The first kappa shape index (κ1) is 15.1. The van der Waals surface area contributed by atoms with Crippen LogP contribution in [0, 0.1) is 0 Å². The van der Waals surface area contributed by atoms with E-state index >= 15 is 0 Å². The number of hydrogen-bond donors (Lipinski definition) is 2. The highest BCUT2D eigenvalue weighted by molar-refractivity contribution is 5.92. The van der Waals surface area contributed by atoms with Gasteiger partial charge in [-0.2, -0.15) is 18.2 Å². The second-order valence-electron chi connectivity index (χ2n) is 4.51. The Morgan fingerprint density at radius 2 is 2.10 bits per heavy atom. The Kier molecular flexibility index (Phi) is 4.35. The zero-order valence-corrected chi connectivity index (χ0v) is 10.9. The van der Waals surface area contributed by atoms with E-state index in [4.69, 9.17) is 9.52 Å². The Morgan fingerprint density at radius 3 is 2.76 bits per heavy atom. The molecular weight excluding hydrogens is 289 g/mol. The smallest absolute Gasteiger partial charge is 0.389 e. The first-order chi connectivity index (χ1) is 9.85. The number of carboxylic acids is 1. The first-order valence-corrected chi connectivity index (χ1v) is 6.30. The minimum absolute atomic E-state index is 0.0277. The molecule has 2 rings (SSSR count). The van der Waals surface area contributed by atoms with E-state index in [1.807, 2.05) is 0 Å². The summed E-state index contributed by atoms with van der Waals surface area (Å²) in [5, 5.41) is 11.6. The van der Waals surface area contributed by atoms with Crippen molar-refractivity contribution in [1.82, 2.24) is 4.98 Å². The van der Waals surface area contributed by atoms with E-state index in [9.17, 15) is 18.0 Å². The second-order valence-corrected chi connectivity index (χ2v) is 4.51. The molecule has 0 saturated carbocycles. The number of aromatic nitrogens is 1. The Bertz CT molecular complexity index is 637. The van der Waals surface area contributed by atoms with Crippen LogP contribution in [0.15, 0.2) is 22.6 Å². The Hall–Kier alpha value is -2.25. The largest absolute Gasteiger partial charge is 0.478 e. The van der Waals surface area contributed by atoms with Crippen LogP contribution >= 0.6 is 0 Å². The van der Waals surface area contributed by atoms with Crippen LogP contribution in [0.1, 0.15) is 29.6 Å². The number of halogens is 3. The molecule has 114 valence electrons. The van der Waals surface area contributed by atoms with E-state index in [-0.39, 0.29) is 18.0 Å². The predicted molar refractivity (Wildman–Crippen MR) is 69.4 cm³/mol. The zero-order chi connectivity index (χ0) is 15.5. The molecule has 0 fully saturated rings. The average Bonchev–Trinajstić information content (AvgIpc) is 2.78. The number of carboxylic acid groups (broad SMARTS) is 1. The minimum Gasteiger partial charge on any atom is -0.478 e. The molecule has 1 heterocycles. The average molecular weight is 302 g/mol. The number of aromatic carboxylic acids is 1. The van der Waals surface area contributed by atoms with Crippen LogP contribution in [-0.2, 0) is 0 Å². The fourth-order valence-electron chi connectivity index (χ4n) is 1.78. The number of rotatable bonds is 6. The lowest BCUT2D eigenvalue weighted by Crippen LogP contribution is -2.08. The van der Waals surface area contributed by atoms with E-state index in [2.05, 4.69) is 10.3 Å². The van der Waals surface area contributed by atoms with Crippen molar-refractivity contribution in [2.75, 3.05) is 11.9 Å².